The quantitative estimate of drug-likeness (QED) is 0.695. The van der Waals surface area contributed by atoms with Crippen LogP contribution in [0.5, 0.6) is 0 Å². The summed E-state index contributed by atoms with van der Waals surface area (Å²) in [7, 11) is 0. The van der Waals surface area contributed by atoms with Gasteiger partial charge in [0, 0.05) is 18.4 Å². The zero-order valence-corrected chi connectivity index (χ0v) is 18.0. The molecule has 160 valence electrons. The zero-order valence-electron chi connectivity index (χ0n) is 18.0. The number of oxime groups is 1. The Morgan fingerprint density at radius 2 is 2.00 bits per heavy atom. The highest BCUT2D eigenvalue weighted by atomic mass is 19.1. The first-order chi connectivity index (χ1) is 13.8. The van der Waals surface area contributed by atoms with Crippen LogP contribution in [0.1, 0.15) is 65.7 Å². The minimum atomic E-state index is -1.24. The van der Waals surface area contributed by atoms with E-state index in [0.29, 0.717) is 24.2 Å². The molecule has 1 N–H and O–H groups in total. The highest BCUT2D eigenvalue weighted by Crippen LogP contribution is 2.65. The number of Topliss-reactive ketones (excluding diaryl/α,β-unsaturated/α-hetero) is 1. The van der Waals surface area contributed by atoms with E-state index in [1.807, 2.05) is 0 Å². The van der Waals surface area contributed by atoms with Crippen LogP contribution in [0.25, 0.3) is 0 Å². The number of nitrogens with zero attached hydrogens (tertiary/aromatic N) is 1. The van der Waals surface area contributed by atoms with Crippen LogP contribution in [0.15, 0.2) is 16.8 Å². The lowest BCUT2D eigenvalue weighted by atomic mass is 9.46. The monoisotopic (exact) mass is 402 g/mol. The van der Waals surface area contributed by atoms with Crippen LogP contribution in [0.2, 0.25) is 0 Å². The molecule has 5 aliphatic rings. The Labute approximate surface area is 173 Å². The fraction of sp³-hybridized carbons (Fsp3) is 0.833. The summed E-state index contributed by atoms with van der Waals surface area (Å²) >= 11 is 0. The van der Waals surface area contributed by atoms with Gasteiger partial charge < -0.3 is 10.2 Å². The van der Waals surface area contributed by atoms with Gasteiger partial charge in [-0.3, -0.25) is 4.79 Å². The van der Waals surface area contributed by atoms with Gasteiger partial charge in [-0.05, 0) is 80.2 Å². The van der Waals surface area contributed by atoms with Crippen LogP contribution in [0.3, 0.4) is 0 Å². The van der Waals surface area contributed by atoms with E-state index in [4.69, 9.17) is 4.84 Å². The average Bonchev–Trinajstić information content (AvgIpc) is 3.29. The number of halogens is 1. The maximum atomic E-state index is 14.4. The van der Waals surface area contributed by atoms with Gasteiger partial charge in [0.05, 0.1) is 5.71 Å². The molecule has 0 aromatic rings. The molecule has 0 spiro atoms. The van der Waals surface area contributed by atoms with Gasteiger partial charge >= 0.3 is 0 Å². The number of ketones is 1. The van der Waals surface area contributed by atoms with E-state index in [0.717, 1.165) is 57.3 Å². The van der Waals surface area contributed by atoms with Crippen molar-refractivity contribution in [2.24, 2.45) is 39.7 Å². The molecule has 8 unspecified atom stereocenters. The molecule has 0 aromatic heterocycles. The number of carbonyl (C=O) groups is 1. The molecule has 0 aromatic carbocycles. The molecule has 0 amide bonds. The lowest BCUT2D eigenvalue weighted by Crippen LogP contribution is -2.52. The smallest absolute Gasteiger partial charge is 0.173 e. The number of allylic oxidation sites excluding steroid dienone is 2. The van der Waals surface area contributed by atoms with Gasteiger partial charge in [-0.25, -0.2) is 4.39 Å². The minimum absolute atomic E-state index is 0.114. The summed E-state index contributed by atoms with van der Waals surface area (Å²) in [6.07, 6.45) is 7.78. The Bertz CT molecular complexity index is 758. The predicted octanol–water partition coefficient (Wildman–Crippen LogP) is 4.45. The van der Waals surface area contributed by atoms with Crippen LogP contribution in [-0.2, 0) is 9.63 Å². The van der Waals surface area contributed by atoms with E-state index in [9.17, 15) is 9.18 Å². The van der Waals surface area contributed by atoms with E-state index in [1.165, 1.54) is 5.57 Å². The third kappa shape index (κ3) is 2.94. The topological polar surface area (TPSA) is 50.7 Å². The summed E-state index contributed by atoms with van der Waals surface area (Å²) in [5, 5.41) is 7.83. The maximum Gasteiger partial charge on any atom is 0.173 e. The van der Waals surface area contributed by atoms with E-state index in [2.05, 4.69) is 37.3 Å². The largest absolute Gasteiger partial charge is 0.391 e. The molecule has 4 fully saturated rings. The second kappa shape index (κ2) is 6.90. The molecular weight excluding hydrogens is 367 g/mol. The Balaban J connectivity index is 1.41. The van der Waals surface area contributed by atoms with Gasteiger partial charge in [0.1, 0.15) is 6.10 Å². The number of alkyl halides is 1. The van der Waals surface area contributed by atoms with Gasteiger partial charge in [0.2, 0.25) is 0 Å². The molecule has 4 aliphatic carbocycles. The third-order valence-corrected chi connectivity index (χ3v) is 9.33. The number of hydrogen-bond acceptors (Lipinski definition) is 4. The fourth-order valence-electron chi connectivity index (χ4n) is 7.68. The van der Waals surface area contributed by atoms with Crippen LogP contribution in [0, 0.1) is 34.5 Å². The van der Waals surface area contributed by atoms with Gasteiger partial charge in [-0.2, -0.15) is 0 Å². The summed E-state index contributed by atoms with van der Waals surface area (Å²) in [4.78, 5) is 18.4. The normalized spacial score (nSPS) is 50.7. The molecule has 29 heavy (non-hydrogen) atoms. The molecule has 0 bridgehead atoms. The highest BCUT2D eigenvalue weighted by Gasteiger charge is 2.62. The predicted molar refractivity (Wildman–Crippen MR) is 111 cm³/mol. The molecule has 1 saturated heterocycles. The van der Waals surface area contributed by atoms with Crippen molar-refractivity contribution in [3.05, 3.63) is 11.6 Å². The van der Waals surface area contributed by atoms with Crippen molar-refractivity contribution in [1.29, 1.82) is 0 Å². The van der Waals surface area contributed by atoms with Crippen molar-refractivity contribution in [3.8, 4) is 0 Å². The van der Waals surface area contributed by atoms with Gasteiger partial charge in [0.25, 0.3) is 0 Å². The van der Waals surface area contributed by atoms with Crippen LogP contribution in [0.4, 0.5) is 4.39 Å². The van der Waals surface area contributed by atoms with Gasteiger partial charge in [0.15, 0.2) is 12.0 Å². The Morgan fingerprint density at radius 1 is 1.17 bits per heavy atom. The maximum absolute atomic E-state index is 14.4. The van der Waals surface area contributed by atoms with E-state index in [1.54, 1.807) is 0 Å². The van der Waals surface area contributed by atoms with Crippen molar-refractivity contribution in [2.75, 3.05) is 13.1 Å². The standard InChI is InChI=1S/C24H35FN2O2/c1-14-10-17-18(5-8-24(3)20(17)12-21(25)22(24)28)23(2)7-4-15(11-19(14)23)27-29-16-6-9-26-13-16/h11,14,16-18,20-21,26H,4-10,12-13H2,1-3H3/b27-15-. The van der Waals surface area contributed by atoms with Crippen molar-refractivity contribution < 1.29 is 14.0 Å². The summed E-state index contributed by atoms with van der Waals surface area (Å²) in [5.41, 5.74) is 2.31. The fourth-order valence-corrected chi connectivity index (χ4v) is 7.68. The molecular formula is C24H35FN2O2. The minimum Gasteiger partial charge on any atom is -0.391 e. The second-order valence-electron chi connectivity index (χ2n) is 10.9. The van der Waals surface area contributed by atoms with E-state index in [-0.39, 0.29) is 23.2 Å². The van der Waals surface area contributed by atoms with Crippen LogP contribution >= 0.6 is 0 Å². The zero-order chi connectivity index (χ0) is 20.4. The number of nitrogens with one attached hydrogen (secondary N) is 1. The number of carbonyl (C=O) groups excluding carboxylic acids is 1. The molecule has 5 rings (SSSR count). The van der Waals surface area contributed by atoms with Crippen molar-refractivity contribution in [1.82, 2.24) is 5.32 Å². The van der Waals surface area contributed by atoms with Crippen molar-refractivity contribution >= 4 is 11.5 Å². The second-order valence-corrected chi connectivity index (χ2v) is 10.9. The molecule has 0 radical (unpaired) electrons. The first-order valence-electron chi connectivity index (χ1n) is 11.7. The Morgan fingerprint density at radius 3 is 2.76 bits per heavy atom. The Kier molecular flexibility index (Phi) is 4.69. The summed E-state index contributed by atoms with van der Waals surface area (Å²) in [5.74, 6) is 1.59. The van der Waals surface area contributed by atoms with Crippen LogP contribution < -0.4 is 5.32 Å². The third-order valence-electron chi connectivity index (χ3n) is 9.33. The van der Waals surface area contributed by atoms with Crippen molar-refractivity contribution in [2.45, 2.75) is 78.0 Å². The molecule has 4 nitrogen and oxygen atoms in total. The van der Waals surface area contributed by atoms with E-state index >= 15 is 0 Å². The number of rotatable bonds is 2. The van der Waals surface area contributed by atoms with E-state index < -0.39 is 11.6 Å². The summed E-state index contributed by atoms with van der Waals surface area (Å²) < 4.78 is 14.4. The first kappa shape index (κ1) is 19.7. The summed E-state index contributed by atoms with van der Waals surface area (Å²) in [6.45, 7) is 8.70. The number of fused-ring (bicyclic) bond motifs is 5. The molecule has 5 heteroatoms. The SMILES string of the molecule is CC1CC2C3CC(F)C(=O)C3(C)CCC2C2(C)CC/C(=N/OC3CCNC3)C=C12. The van der Waals surface area contributed by atoms with Gasteiger partial charge in [-0.1, -0.05) is 31.5 Å². The highest BCUT2D eigenvalue weighted by molar-refractivity contribution is 5.96. The molecule has 3 saturated carbocycles. The molecule has 1 heterocycles. The lowest BCUT2D eigenvalue weighted by Gasteiger charge is -2.58. The Hall–Kier alpha value is -1.23. The average molecular weight is 403 g/mol. The van der Waals surface area contributed by atoms with Crippen LogP contribution in [-0.4, -0.2) is 36.9 Å². The first-order valence-corrected chi connectivity index (χ1v) is 11.7. The van der Waals surface area contributed by atoms with Crippen molar-refractivity contribution in [3.63, 3.8) is 0 Å². The van der Waals surface area contributed by atoms with Gasteiger partial charge in [-0.15, -0.1) is 0 Å². The molecule has 1 aliphatic heterocycles. The number of hydrogen-bond donors (Lipinski definition) is 1. The lowest BCUT2D eigenvalue weighted by molar-refractivity contribution is -0.135. The summed E-state index contributed by atoms with van der Waals surface area (Å²) in [6, 6.07) is 0. The molecule has 8 atom stereocenters.